The van der Waals surface area contributed by atoms with Crippen LogP contribution in [0.3, 0.4) is 0 Å². The Morgan fingerprint density at radius 3 is 2.81 bits per heavy atom. The smallest absolute Gasteiger partial charge is 0.223 e. The maximum atomic E-state index is 13.6. The molecular formula is C16H18FNO3. The van der Waals surface area contributed by atoms with E-state index in [1.54, 1.807) is 36.4 Å². The Hall–Kier alpha value is -2.30. The van der Waals surface area contributed by atoms with E-state index in [0.717, 1.165) is 11.3 Å². The van der Waals surface area contributed by atoms with Gasteiger partial charge in [0.25, 0.3) is 0 Å². The standard InChI is InChI=1S/C16H18FNO3/c1-18(16(19)8-6-13-4-3-9-21-13)11-12-5-7-15(20-2)14(17)10-12/h3-5,7,9-10H,6,8,11H2,1-2H3. The van der Waals surface area contributed by atoms with E-state index in [1.165, 1.54) is 13.2 Å². The number of nitrogens with zero attached hydrogens (tertiary/aromatic N) is 1. The van der Waals surface area contributed by atoms with Crippen LogP contribution in [0.4, 0.5) is 4.39 Å². The van der Waals surface area contributed by atoms with Crippen molar-refractivity contribution in [1.82, 2.24) is 4.90 Å². The third kappa shape index (κ3) is 4.08. The van der Waals surface area contributed by atoms with Crippen LogP contribution in [0.2, 0.25) is 0 Å². The molecule has 4 nitrogen and oxygen atoms in total. The molecule has 1 amide bonds. The zero-order chi connectivity index (χ0) is 15.2. The summed E-state index contributed by atoms with van der Waals surface area (Å²) in [5.74, 6) is 0.548. The molecule has 0 bridgehead atoms. The van der Waals surface area contributed by atoms with Crippen LogP contribution in [-0.4, -0.2) is 25.0 Å². The summed E-state index contributed by atoms with van der Waals surface area (Å²) in [7, 11) is 3.12. The molecule has 21 heavy (non-hydrogen) atoms. The lowest BCUT2D eigenvalue weighted by molar-refractivity contribution is -0.130. The van der Waals surface area contributed by atoms with Crippen LogP contribution in [0.5, 0.6) is 5.75 Å². The number of benzene rings is 1. The fourth-order valence-corrected chi connectivity index (χ4v) is 2.05. The summed E-state index contributed by atoms with van der Waals surface area (Å²) in [4.78, 5) is 13.6. The molecule has 0 saturated carbocycles. The van der Waals surface area contributed by atoms with Crippen molar-refractivity contribution in [2.24, 2.45) is 0 Å². The molecule has 1 aromatic heterocycles. The van der Waals surface area contributed by atoms with Gasteiger partial charge < -0.3 is 14.1 Å². The van der Waals surface area contributed by atoms with Gasteiger partial charge in [0.2, 0.25) is 5.91 Å². The number of amides is 1. The molecule has 0 fully saturated rings. The van der Waals surface area contributed by atoms with Gasteiger partial charge in [-0.15, -0.1) is 0 Å². The zero-order valence-corrected chi connectivity index (χ0v) is 12.1. The monoisotopic (exact) mass is 291 g/mol. The van der Waals surface area contributed by atoms with Crippen LogP contribution in [-0.2, 0) is 17.8 Å². The third-order valence-electron chi connectivity index (χ3n) is 3.23. The Labute approximate surface area is 123 Å². The molecule has 1 heterocycles. The maximum Gasteiger partial charge on any atom is 0.223 e. The van der Waals surface area contributed by atoms with Gasteiger partial charge in [0.15, 0.2) is 11.6 Å². The topological polar surface area (TPSA) is 42.7 Å². The van der Waals surface area contributed by atoms with E-state index in [0.29, 0.717) is 19.4 Å². The number of aryl methyl sites for hydroxylation is 1. The number of halogens is 1. The first kappa shape index (κ1) is 15.1. The predicted octanol–water partition coefficient (Wildman–Crippen LogP) is 3.02. The van der Waals surface area contributed by atoms with Gasteiger partial charge in [-0.05, 0) is 29.8 Å². The Morgan fingerprint density at radius 1 is 1.38 bits per heavy atom. The lowest BCUT2D eigenvalue weighted by Gasteiger charge is -2.17. The molecule has 0 unspecified atom stereocenters. The molecule has 112 valence electrons. The summed E-state index contributed by atoms with van der Waals surface area (Å²) in [5, 5.41) is 0. The summed E-state index contributed by atoms with van der Waals surface area (Å²) in [5.41, 5.74) is 0.724. The molecule has 0 radical (unpaired) electrons. The quantitative estimate of drug-likeness (QED) is 0.821. The number of carbonyl (C=O) groups excluding carboxylic acids is 1. The van der Waals surface area contributed by atoms with Gasteiger partial charge in [-0.3, -0.25) is 4.79 Å². The van der Waals surface area contributed by atoms with Crippen molar-refractivity contribution in [3.05, 3.63) is 53.7 Å². The van der Waals surface area contributed by atoms with Crippen molar-refractivity contribution in [2.45, 2.75) is 19.4 Å². The van der Waals surface area contributed by atoms with Crippen molar-refractivity contribution in [1.29, 1.82) is 0 Å². The first-order chi connectivity index (χ1) is 10.1. The van der Waals surface area contributed by atoms with E-state index in [-0.39, 0.29) is 11.7 Å². The van der Waals surface area contributed by atoms with E-state index >= 15 is 0 Å². The van der Waals surface area contributed by atoms with Gasteiger partial charge in [0.1, 0.15) is 5.76 Å². The Kier molecular flexibility index (Phi) is 4.98. The van der Waals surface area contributed by atoms with E-state index in [2.05, 4.69) is 0 Å². The van der Waals surface area contributed by atoms with Crippen molar-refractivity contribution in [2.75, 3.05) is 14.2 Å². The van der Waals surface area contributed by atoms with Crippen molar-refractivity contribution in [3.8, 4) is 5.75 Å². The molecule has 0 atom stereocenters. The number of methoxy groups -OCH3 is 1. The number of ether oxygens (including phenoxy) is 1. The molecule has 0 aliphatic heterocycles. The van der Waals surface area contributed by atoms with Crippen LogP contribution in [0, 0.1) is 5.82 Å². The van der Waals surface area contributed by atoms with E-state index in [4.69, 9.17) is 9.15 Å². The fourth-order valence-electron chi connectivity index (χ4n) is 2.05. The number of carbonyl (C=O) groups is 1. The Morgan fingerprint density at radius 2 is 2.19 bits per heavy atom. The molecule has 0 aliphatic rings. The summed E-state index contributed by atoms with van der Waals surface area (Å²) >= 11 is 0. The molecule has 0 N–H and O–H groups in total. The summed E-state index contributed by atoms with van der Waals surface area (Å²) < 4.78 is 23.7. The van der Waals surface area contributed by atoms with E-state index in [9.17, 15) is 9.18 Å². The SMILES string of the molecule is COc1ccc(CN(C)C(=O)CCc2ccco2)cc1F. The minimum absolute atomic E-state index is 0.0115. The van der Waals surface area contributed by atoms with Gasteiger partial charge in [-0.25, -0.2) is 4.39 Å². The van der Waals surface area contributed by atoms with Crippen LogP contribution in [0.1, 0.15) is 17.7 Å². The Bertz CT molecular complexity index is 596. The summed E-state index contributed by atoms with van der Waals surface area (Å²) in [6.07, 6.45) is 2.51. The van der Waals surface area contributed by atoms with E-state index in [1.807, 2.05) is 6.07 Å². The highest BCUT2D eigenvalue weighted by atomic mass is 19.1. The van der Waals surface area contributed by atoms with Crippen molar-refractivity contribution < 1.29 is 18.3 Å². The predicted molar refractivity (Wildman–Crippen MR) is 76.5 cm³/mol. The number of hydrogen-bond donors (Lipinski definition) is 0. The normalized spacial score (nSPS) is 10.4. The van der Waals surface area contributed by atoms with Crippen LogP contribution in [0.25, 0.3) is 0 Å². The van der Waals surface area contributed by atoms with Gasteiger partial charge in [-0.1, -0.05) is 6.07 Å². The minimum atomic E-state index is -0.425. The van der Waals surface area contributed by atoms with Gasteiger partial charge in [0, 0.05) is 26.4 Å². The number of hydrogen-bond acceptors (Lipinski definition) is 3. The first-order valence-electron chi connectivity index (χ1n) is 6.69. The molecule has 2 rings (SSSR count). The first-order valence-corrected chi connectivity index (χ1v) is 6.69. The van der Waals surface area contributed by atoms with Crippen molar-refractivity contribution >= 4 is 5.91 Å². The molecule has 0 saturated heterocycles. The highest BCUT2D eigenvalue weighted by Gasteiger charge is 2.11. The third-order valence-corrected chi connectivity index (χ3v) is 3.23. The van der Waals surface area contributed by atoms with E-state index < -0.39 is 5.82 Å². The second-order valence-corrected chi connectivity index (χ2v) is 4.80. The van der Waals surface area contributed by atoms with Crippen LogP contribution < -0.4 is 4.74 Å². The highest BCUT2D eigenvalue weighted by Crippen LogP contribution is 2.18. The molecule has 5 heteroatoms. The lowest BCUT2D eigenvalue weighted by Crippen LogP contribution is -2.26. The molecule has 2 aromatic rings. The second kappa shape index (κ2) is 6.92. The number of rotatable bonds is 6. The molecule has 1 aromatic carbocycles. The Balaban J connectivity index is 1.89. The second-order valence-electron chi connectivity index (χ2n) is 4.80. The summed E-state index contributed by atoms with van der Waals surface area (Å²) in [6, 6.07) is 8.33. The highest BCUT2D eigenvalue weighted by molar-refractivity contribution is 5.76. The molecular weight excluding hydrogens is 273 g/mol. The maximum absolute atomic E-state index is 13.6. The minimum Gasteiger partial charge on any atom is -0.494 e. The number of furan rings is 1. The molecule has 0 spiro atoms. The van der Waals surface area contributed by atoms with Crippen LogP contribution >= 0.6 is 0 Å². The summed E-state index contributed by atoms with van der Waals surface area (Å²) in [6.45, 7) is 0.359. The zero-order valence-electron chi connectivity index (χ0n) is 12.1. The fraction of sp³-hybridized carbons (Fsp3) is 0.312. The average Bonchev–Trinajstić information content (AvgIpc) is 2.98. The van der Waals surface area contributed by atoms with Crippen LogP contribution in [0.15, 0.2) is 41.0 Å². The largest absolute Gasteiger partial charge is 0.494 e. The van der Waals surface area contributed by atoms with Gasteiger partial charge >= 0.3 is 0 Å². The van der Waals surface area contributed by atoms with Gasteiger partial charge in [0.05, 0.1) is 13.4 Å². The lowest BCUT2D eigenvalue weighted by atomic mass is 10.2. The van der Waals surface area contributed by atoms with Gasteiger partial charge in [-0.2, -0.15) is 0 Å². The van der Waals surface area contributed by atoms with Crippen molar-refractivity contribution in [3.63, 3.8) is 0 Å². The molecule has 0 aliphatic carbocycles. The average molecular weight is 291 g/mol.